The van der Waals surface area contributed by atoms with Crippen LogP contribution in [0.2, 0.25) is 0 Å². The molecular formula is C20H20N2O6S. The summed E-state index contributed by atoms with van der Waals surface area (Å²) in [6.07, 6.45) is 1.96. The first-order valence-corrected chi connectivity index (χ1v) is 9.92. The molecule has 0 spiro atoms. The number of hydrogen-bond acceptors (Lipinski definition) is 7. The molecule has 2 aliphatic rings. The van der Waals surface area contributed by atoms with Gasteiger partial charge in [0.15, 0.2) is 12.0 Å². The number of carbonyl (C=O) groups excluding carboxylic acids is 1. The maximum absolute atomic E-state index is 12.3. The lowest BCUT2D eigenvalue weighted by atomic mass is 10.1. The SMILES string of the molecule is CC1(C)O[C@@H]2[C@H](O1)[C@@H](/C=C/C(=O)Sc1ccccc1)O[C@H]2n1ccc(=O)[nH]c1=O. The monoisotopic (exact) mass is 416 g/mol. The molecule has 9 heteroatoms. The van der Waals surface area contributed by atoms with Gasteiger partial charge in [-0.05, 0) is 49.9 Å². The van der Waals surface area contributed by atoms with Gasteiger partial charge in [0.2, 0.25) is 5.12 Å². The number of carbonyl (C=O) groups is 1. The Labute approximate surface area is 170 Å². The average molecular weight is 416 g/mol. The first-order valence-electron chi connectivity index (χ1n) is 9.10. The van der Waals surface area contributed by atoms with Crippen LogP contribution in [0.25, 0.3) is 0 Å². The molecule has 2 aromatic rings. The Morgan fingerprint density at radius 3 is 2.59 bits per heavy atom. The smallest absolute Gasteiger partial charge is 0.330 e. The van der Waals surface area contributed by atoms with Gasteiger partial charge in [-0.1, -0.05) is 18.2 Å². The third-order valence-corrected chi connectivity index (χ3v) is 5.42. The first kappa shape index (κ1) is 19.8. The summed E-state index contributed by atoms with van der Waals surface area (Å²) >= 11 is 1.10. The van der Waals surface area contributed by atoms with Crippen molar-refractivity contribution in [2.75, 3.05) is 0 Å². The molecule has 0 amide bonds. The summed E-state index contributed by atoms with van der Waals surface area (Å²) in [6.45, 7) is 3.55. The molecule has 2 fully saturated rings. The molecule has 4 atom stereocenters. The van der Waals surface area contributed by atoms with Gasteiger partial charge in [-0.2, -0.15) is 0 Å². The number of H-pyrrole nitrogens is 1. The van der Waals surface area contributed by atoms with Crippen LogP contribution in [0.1, 0.15) is 20.1 Å². The van der Waals surface area contributed by atoms with Crippen LogP contribution in [0.5, 0.6) is 0 Å². The molecule has 152 valence electrons. The molecule has 0 saturated carbocycles. The fraction of sp³-hybridized carbons (Fsp3) is 0.350. The van der Waals surface area contributed by atoms with Crippen molar-refractivity contribution in [2.24, 2.45) is 0 Å². The van der Waals surface area contributed by atoms with Crippen LogP contribution in [0.3, 0.4) is 0 Å². The van der Waals surface area contributed by atoms with Crippen LogP contribution >= 0.6 is 11.8 Å². The largest absolute Gasteiger partial charge is 0.345 e. The summed E-state index contributed by atoms with van der Waals surface area (Å²) in [6, 6.07) is 10.6. The van der Waals surface area contributed by atoms with E-state index in [0.29, 0.717) is 0 Å². The number of hydrogen-bond donors (Lipinski definition) is 1. The van der Waals surface area contributed by atoms with E-state index in [2.05, 4.69) is 4.98 Å². The van der Waals surface area contributed by atoms with Crippen LogP contribution in [0.15, 0.2) is 69.2 Å². The quantitative estimate of drug-likeness (QED) is 0.600. The molecule has 0 bridgehead atoms. The van der Waals surface area contributed by atoms with Crippen molar-refractivity contribution in [1.29, 1.82) is 0 Å². The van der Waals surface area contributed by atoms with Crippen LogP contribution in [-0.2, 0) is 19.0 Å². The lowest BCUT2D eigenvalue weighted by Crippen LogP contribution is -2.37. The summed E-state index contributed by atoms with van der Waals surface area (Å²) in [5, 5.41) is -0.154. The number of aromatic nitrogens is 2. The molecule has 2 aliphatic heterocycles. The Morgan fingerprint density at radius 1 is 1.14 bits per heavy atom. The van der Waals surface area contributed by atoms with Gasteiger partial charge in [0.05, 0.1) is 0 Å². The Kier molecular flexibility index (Phi) is 5.30. The van der Waals surface area contributed by atoms with E-state index in [9.17, 15) is 14.4 Å². The van der Waals surface area contributed by atoms with Gasteiger partial charge in [0, 0.05) is 17.2 Å². The van der Waals surface area contributed by atoms with Crippen LogP contribution in [0, 0.1) is 0 Å². The maximum Gasteiger partial charge on any atom is 0.330 e. The highest BCUT2D eigenvalue weighted by Crippen LogP contribution is 2.43. The molecule has 8 nitrogen and oxygen atoms in total. The highest BCUT2D eigenvalue weighted by molar-refractivity contribution is 8.14. The Balaban J connectivity index is 1.55. The molecule has 3 heterocycles. The second kappa shape index (κ2) is 7.75. The summed E-state index contributed by atoms with van der Waals surface area (Å²) in [4.78, 5) is 38.9. The number of ether oxygens (including phenoxy) is 3. The minimum absolute atomic E-state index is 0.154. The fourth-order valence-corrected chi connectivity index (χ4v) is 4.10. The van der Waals surface area contributed by atoms with Crippen LogP contribution in [0.4, 0.5) is 0 Å². The topological polar surface area (TPSA) is 99.6 Å². The van der Waals surface area contributed by atoms with E-state index in [0.717, 1.165) is 16.7 Å². The highest BCUT2D eigenvalue weighted by atomic mass is 32.2. The second-order valence-electron chi connectivity index (χ2n) is 7.17. The summed E-state index contributed by atoms with van der Waals surface area (Å²) in [7, 11) is 0. The molecule has 29 heavy (non-hydrogen) atoms. The lowest BCUT2D eigenvalue weighted by Gasteiger charge is -2.24. The minimum Gasteiger partial charge on any atom is -0.345 e. The molecule has 0 aliphatic carbocycles. The van der Waals surface area contributed by atoms with E-state index < -0.39 is 41.6 Å². The standard InChI is InChI=1S/C20H20N2O6S/c1-20(2)27-16-13(8-9-15(24)29-12-6-4-3-5-7-12)26-18(17(16)28-20)22-11-10-14(23)21-19(22)25/h3-11,13,16-18H,1-2H3,(H,21,23,25)/b9-8+/t13-,16-,17-,18-/m1/s1. The number of rotatable bonds is 4. The van der Waals surface area contributed by atoms with Crippen molar-refractivity contribution >= 4 is 16.9 Å². The summed E-state index contributed by atoms with van der Waals surface area (Å²) in [5.74, 6) is -0.863. The zero-order valence-corrected chi connectivity index (χ0v) is 16.6. The highest BCUT2D eigenvalue weighted by Gasteiger charge is 2.55. The van der Waals surface area contributed by atoms with Crippen molar-refractivity contribution in [2.45, 2.75) is 49.1 Å². The molecule has 0 radical (unpaired) electrons. The van der Waals surface area contributed by atoms with Crippen molar-refractivity contribution in [1.82, 2.24) is 9.55 Å². The molecule has 1 aromatic heterocycles. The number of thioether (sulfide) groups is 1. The van der Waals surface area contributed by atoms with Gasteiger partial charge < -0.3 is 14.2 Å². The zero-order chi connectivity index (χ0) is 20.6. The molecule has 1 aromatic carbocycles. The van der Waals surface area contributed by atoms with Crippen molar-refractivity contribution < 1.29 is 19.0 Å². The van der Waals surface area contributed by atoms with Crippen molar-refractivity contribution in [3.05, 3.63) is 75.6 Å². The van der Waals surface area contributed by atoms with Gasteiger partial charge in [-0.25, -0.2) is 4.79 Å². The predicted octanol–water partition coefficient (Wildman–Crippen LogP) is 1.83. The van der Waals surface area contributed by atoms with Crippen molar-refractivity contribution in [3.8, 4) is 0 Å². The third-order valence-electron chi connectivity index (χ3n) is 4.57. The fourth-order valence-electron chi connectivity index (χ4n) is 3.43. The maximum atomic E-state index is 12.3. The van der Waals surface area contributed by atoms with E-state index in [-0.39, 0.29) is 5.12 Å². The van der Waals surface area contributed by atoms with E-state index in [1.807, 2.05) is 30.3 Å². The minimum atomic E-state index is -0.863. The van der Waals surface area contributed by atoms with Gasteiger partial charge in [-0.15, -0.1) is 0 Å². The lowest BCUT2D eigenvalue weighted by molar-refractivity contribution is -0.192. The number of fused-ring (bicyclic) bond motifs is 1. The first-order chi connectivity index (χ1) is 13.8. The van der Waals surface area contributed by atoms with Gasteiger partial charge in [-0.3, -0.25) is 19.1 Å². The average Bonchev–Trinajstić information content (AvgIpc) is 3.14. The predicted molar refractivity (Wildman–Crippen MR) is 106 cm³/mol. The number of nitrogens with zero attached hydrogens (tertiary/aromatic N) is 1. The molecule has 4 rings (SSSR count). The van der Waals surface area contributed by atoms with E-state index in [4.69, 9.17) is 14.2 Å². The van der Waals surface area contributed by atoms with Gasteiger partial charge in [0.25, 0.3) is 5.56 Å². The third kappa shape index (κ3) is 4.27. The normalized spacial score (nSPS) is 27.9. The number of nitrogens with one attached hydrogen (secondary N) is 1. The number of aromatic amines is 1. The Morgan fingerprint density at radius 2 is 1.86 bits per heavy atom. The summed E-state index contributed by atoms with van der Waals surface area (Å²) < 4.78 is 19.1. The molecule has 1 N–H and O–H groups in total. The Hall–Kier alpha value is -2.46. The van der Waals surface area contributed by atoms with E-state index in [1.54, 1.807) is 19.9 Å². The number of benzene rings is 1. The molecule has 0 unspecified atom stereocenters. The zero-order valence-electron chi connectivity index (χ0n) is 15.8. The van der Waals surface area contributed by atoms with Gasteiger partial charge >= 0.3 is 5.69 Å². The second-order valence-corrected chi connectivity index (χ2v) is 8.24. The summed E-state index contributed by atoms with van der Waals surface area (Å²) in [5.41, 5.74) is -1.10. The molecular weight excluding hydrogens is 396 g/mol. The Bertz CT molecular complexity index is 1040. The van der Waals surface area contributed by atoms with E-state index >= 15 is 0 Å². The van der Waals surface area contributed by atoms with Crippen LogP contribution in [-0.4, -0.2) is 38.8 Å². The van der Waals surface area contributed by atoms with Crippen LogP contribution < -0.4 is 11.2 Å². The molecule has 2 saturated heterocycles. The van der Waals surface area contributed by atoms with E-state index in [1.165, 1.54) is 22.9 Å². The van der Waals surface area contributed by atoms with Gasteiger partial charge in [0.1, 0.15) is 18.3 Å². The van der Waals surface area contributed by atoms with Crippen molar-refractivity contribution in [3.63, 3.8) is 0 Å².